The number of hydrogen-bond donors (Lipinski definition) is 2. The van der Waals surface area contributed by atoms with Crippen molar-refractivity contribution in [2.45, 2.75) is 6.04 Å². The van der Waals surface area contributed by atoms with Crippen LogP contribution in [0.2, 0.25) is 0 Å². The lowest BCUT2D eigenvalue weighted by Crippen LogP contribution is -2.20. The van der Waals surface area contributed by atoms with Crippen molar-refractivity contribution in [2.75, 3.05) is 24.3 Å². The van der Waals surface area contributed by atoms with E-state index in [-0.39, 0.29) is 0 Å². The first kappa shape index (κ1) is 13.9. The highest BCUT2D eigenvalue weighted by Crippen LogP contribution is 2.23. The maximum atomic E-state index is 11.5. The third kappa shape index (κ3) is 3.29. The highest BCUT2D eigenvalue weighted by Gasteiger charge is 2.19. The Morgan fingerprint density at radius 3 is 2.40 bits per heavy atom. The Morgan fingerprint density at radius 2 is 1.80 bits per heavy atom. The normalized spacial score (nSPS) is 11.7. The molecule has 2 N–H and O–H groups in total. The van der Waals surface area contributed by atoms with Gasteiger partial charge in [-0.15, -0.1) is 0 Å². The molecule has 1 atom stereocenters. The fraction of sp³-hybridized carbons (Fsp3) is 0.188. The zero-order chi connectivity index (χ0) is 14.5. The van der Waals surface area contributed by atoms with Gasteiger partial charge in [0, 0.05) is 25.5 Å². The zero-order valence-corrected chi connectivity index (χ0v) is 11.6. The van der Waals surface area contributed by atoms with Crippen molar-refractivity contribution < 1.29 is 9.90 Å². The molecule has 2 aromatic rings. The molecule has 20 heavy (non-hydrogen) atoms. The summed E-state index contributed by atoms with van der Waals surface area (Å²) in [6.07, 6.45) is 0. The van der Waals surface area contributed by atoms with Crippen LogP contribution in [-0.2, 0) is 4.79 Å². The number of carboxylic acids is 1. The molecular formula is C16H18N2O2. The van der Waals surface area contributed by atoms with Gasteiger partial charge in [0.15, 0.2) is 6.04 Å². The van der Waals surface area contributed by atoms with Crippen LogP contribution in [-0.4, -0.2) is 25.2 Å². The fourth-order valence-corrected chi connectivity index (χ4v) is 1.97. The first-order chi connectivity index (χ1) is 9.58. The summed E-state index contributed by atoms with van der Waals surface area (Å²) in [5.41, 5.74) is 2.54. The van der Waals surface area contributed by atoms with E-state index in [0.717, 1.165) is 16.9 Å². The summed E-state index contributed by atoms with van der Waals surface area (Å²) >= 11 is 0. The average Bonchev–Trinajstić information content (AvgIpc) is 2.45. The Morgan fingerprint density at radius 1 is 1.10 bits per heavy atom. The first-order valence-electron chi connectivity index (χ1n) is 6.39. The molecule has 0 fully saturated rings. The summed E-state index contributed by atoms with van der Waals surface area (Å²) < 4.78 is 0. The maximum Gasteiger partial charge on any atom is 0.330 e. The smallest absolute Gasteiger partial charge is 0.330 e. The number of hydrogen-bond acceptors (Lipinski definition) is 3. The van der Waals surface area contributed by atoms with Crippen molar-refractivity contribution in [1.29, 1.82) is 0 Å². The Hall–Kier alpha value is -2.49. The van der Waals surface area contributed by atoms with E-state index >= 15 is 0 Å². The quantitative estimate of drug-likeness (QED) is 0.877. The number of benzene rings is 2. The van der Waals surface area contributed by atoms with Crippen molar-refractivity contribution in [1.82, 2.24) is 0 Å². The van der Waals surface area contributed by atoms with Crippen LogP contribution in [0.15, 0.2) is 54.6 Å². The second-order valence-corrected chi connectivity index (χ2v) is 4.77. The van der Waals surface area contributed by atoms with Crippen molar-refractivity contribution in [3.8, 4) is 0 Å². The SMILES string of the molecule is CN(C)c1cccc(NC(C(=O)O)c2ccccc2)c1. The minimum Gasteiger partial charge on any atom is -0.479 e. The minimum atomic E-state index is -0.897. The van der Waals surface area contributed by atoms with Gasteiger partial charge >= 0.3 is 5.97 Å². The molecule has 0 heterocycles. The van der Waals surface area contributed by atoms with Crippen molar-refractivity contribution in [3.63, 3.8) is 0 Å². The molecule has 0 saturated heterocycles. The van der Waals surface area contributed by atoms with Crippen LogP contribution in [0.25, 0.3) is 0 Å². The second kappa shape index (κ2) is 6.10. The maximum absolute atomic E-state index is 11.5. The molecule has 0 saturated carbocycles. The van der Waals surface area contributed by atoms with Gasteiger partial charge in [0.2, 0.25) is 0 Å². The lowest BCUT2D eigenvalue weighted by atomic mass is 10.1. The molecule has 2 rings (SSSR count). The lowest BCUT2D eigenvalue weighted by molar-refractivity contribution is -0.138. The Kier molecular flexibility index (Phi) is 4.25. The van der Waals surface area contributed by atoms with Gasteiger partial charge in [-0.3, -0.25) is 0 Å². The van der Waals surface area contributed by atoms with E-state index in [1.54, 1.807) is 0 Å². The molecule has 2 aromatic carbocycles. The van der Waals surface area contributed by atoms with Crippen LogP contribution >= 0.6 is 0 Å². The number of nitrogens with one attached hydrogen (secondary N) is 1. The minimum absolute atomic E-state index is 0.732. The van der Waals surface area contributed by atoms with Gasteiger partial charge in [-0.25, -0.2) is 4.79 Å². The van der Waals surface area contributed by atoms with E-state index in [9.17, 15) is 9.90 Å². The highest BCUT2D eigenvalue weighted by molar-refractivity contribution is 5.79. The monoisotopic (exact) mass is 270 g/mol. The summed E-state index contributed by atoms with van der Waals surface area (Å²) in [6, 6.07) is 16.1. The molecule has 0 bridgehead atoms. The van der Waals surface area contributed by atoms with Crippen LogP contribution in [0.4, 0.5) is 11.4 Å². The summed E-state index contributed by atoms with van der Waals surface area (Å²) in [5, 5.41) is 12.5. The van der Waals surface area contributed by atoms with Crippen LogP contribution < -0.4 is 10.2 Å². The summed E-state index contributed by atoms with van der Waals surface area (Å²) in [4.78, 5) is 13.4. The van der Waals surface area contributed by atoms with Gasteiger partial charge in [-0.1, -0.05) is 36.4 Å². The Bertz CT molecular complexity index is 582. The number of carbonyl (C=O) groups is 1. The third-order valence-corrected chi connectivity index (χ3v) is 3.05. The third-order valence-electron chi connectivity index (χ3n) is 3.05. The van der Waals surface area contributed by atoms with Gasteiger partial charge < -0.3 is 15.3 Å². The predicted molar refractivity (Wildman–Crippen MR) is 81.2 cm³/mol. The molecule has 0 radical (unpaired) electrons. The van der Waals surface area contributed by atoms with Gasteiger partial charge in [0.1, 0.15) is 0 Å². The summed E-state index contributed by atoms with van der Waals surface area (Å²) in [6.45, 7) is 0. The average molecular weight is 270 g/mol. The van der Waals surface area contributed by atoms with Crippen molar-refractivity contribution in [3.05, 3.63) is 60.2 Å². The molecular weight excluding hydrogens is 252 g/mol. The molecule has 0 aliphatic carbocycles. The van der Waals surface area contributed by atoms with Gasteiger partial charge in [0.25, 0.3) is 0 Å². The van der Waals surface area contributed by atoms with Gasteiger partial charge in [-0.2, -0.15) is 0 Å². The first-order valence-corrected chi connectivity index (χ1v) is 6.39. The van der Waals surface area contributed by atoms with Crippen molar-refractivity contribution in [2.24, 2.45) is 0 Å². The van der Waals surface area contributed by atoms with Gasteiger partial charge in [0.05, 0.1) is 0 Å². The molecule has 0 amide bonds. The number of rotatable bonds is 5. The summed E-state index contributed by atoms with van der Waals surface area (Å²) in [7, 11) is 3.90. The summed E-state index contributed by atoms with van der Waals surface area (Å²) in [5.74, 6) is -0.897. The topological polar surface area (TPSA) is 52.6 Å². The van der Waals surface area contributed by atoms with Crippen molar-refractivity contribution >= 4 is 17.3 Å². The molecule has 104 valence electrons. The molecule has 1 unspecified atom stereocenters. The van der Waals surface area contributed by atoms with Gasteiger partial charge in [-0.05, 0) is 23.8 Å². The lowest BCUT2D eigenvalue weighted by Gasteiger charge is -2.18. The van der Waals surface area contributed by atoms with Crippen LogP contribution in [0, 0.1) is 0 Å². The van der Waals surface area contributed by atoms with Crippen LogP contribution in [0.1, 0.15) is 11.6 Å². The Balaban J connectivity index is 2.25. The van der Waals surface area contributed by atoms with E-state index in [1.165, 1.54) is 0 Å². The second-order valence-electron chi connectivity index (χ2n) is 4.77. The van der Waals surface area contributed by atoms with Crippen LogP contribution in [0.3, 0.4) is 0 Å². The van der Waals surface area contributed by atoms with E-state index in [1.807, 2.05) is 73.6 Å². The van der Waals surface area contributed by atoms with E-state index in [4.69, 9.17) is 0 Å². The Labute approximate surface area is 118 Å². The number of carboxylic acid groups (broad SMARTS) is 1. The largest absolute Gasteiger partial charge is 0.479 e. The van der Waals surface area contributed by atoms with E-state index in [0.29, 0.717) is 0 Å². The number of aliphatic carboxylic acids is 1. The molecule has 4 heteroatoms. The molecule has 0 aliphatic heterocycles. The van der Waals surface area contributed by atoms with E-state index in [2.05, 4.69) is 5.32 Å². The van der Waals surface area contributed by atoms with Crippen LogP contribution in [0.5, 0.6) is 0 Å². The van der Waals surface area contributed by atoms with E-state index < -0.39 is 12.0 Å². The molecule has 0 aromatic heterocycles. The predicted octanol–water partition coefficient (Wildman–Crippen LogP) is 2.99. The number of anilines is 2. The number of nitrogens with zero attached hydrogens (tertiary/aromatic N) is 1. The molecule has 4 nitrogen and oxygen atoms in total. The molecule has 0 spiro atoms. The standard InChI is InChI=1S/C16H18N2O2/c1-18(2)14-10-6-9-13(11-14)17-15(16(19)20)12-7-4-3-5-8-12/h3-11,15,17H,1-2H3,(H,19,20). The zero-order valence-electron chi connectivity index (χ0n) is 11.6. The highest BCUT2D eigenvalue weighted by atomic mass is 16.4. The fourth-order valence-electron chi connectivity index (χ4n) is 1.97. The molecule has 0 aliphatic rings.